The maximum absolute atomic E-state index is 8.23. The third-order valence-electron chi connectivity index (χ3n) is 3.82. The first-order chi connectivity index (χ1) is 11.8. The van der Waals surface area contributed by atoms with Crippen molar-refractivity contribution in [1.82, 2.24) is 0 Å². The molecule has 2 nitrogen and oxygen atoms in total. The Labute approximate surface area is 142 Å². The van der Waals surface area contributed by atoms with Crippen molar-refractivity contribution in [3.8, 4) is 11.1 Å². The molecule has 2 heteroatoms. The Kier molecular flexibility index (Phi) is 4.78. The maximum atomic E-state index is 8.23. The van der Waals surface area contributed by atoms with Crippen LogP contribution >= 0.6 is 0 Å². The lowest BCUT2D eigenvalue weighted by Crippen LogP contribution is -1.95. The molecule has 0 saturated heterocycles. The highest BCUT2D eigenvalue weighted by Crippen LogP contribution is 2.23. The summed E-state index contributed by atoms with van der Waals surface area (Å²) < 4.78 is 0. The smallest absolute Gasteiger partial charge is 0.0716 e. The molecule has 0 saturated carbocycles. The number of allylic oxidation sites excluding steroid dienone is 1. The molecule has 0 atom stereocenters. The highest BCUT2D eigenvalue weighted by Gasteiger charge is 2.04. The average molecular weight is 310 g/mol. The second kappa shape index (κ2) is 7.34. The van der Waals surface area contributed by atoms with Gasteiger partial charge in [0.15, 0.2) is 0 Å². The van der Waals surface area contributed by atoms with Gasteiger partial charge in [-0.25, -0.2) is 0 Å². The molecule has 0 unspecified atom stereocenters. The third-order valence-corrected chi connectivity index (χ3v) is 3.82. The fourth-order valence-electron chi connectivity index (χ4n) is 2.52. The molecular formula is C22H18N2. The minimum Gasteiger partial charge on any atom is -0.300 e. The van der Waals surface area contributed by atoms with Crippen molar-refractivity contribution >= 4 is 18.1 Å². The van der Waals surface area contributed by atoms with E-state index in [1.54, 1.807) is 6.08 Å². The van der Waals surface area contributed by atoms with Crippen LogP contribution < -0.4 is 0 Å². The summed E-state index contributed by atoms with van der Waals surface area (Å²) in [6, 6.07) is 28.0. The predicted molar refractivity (Wildman–Crippen MR) is 103 cm³/mol. The van der Waals surface area contributed by atoms with Crippen molar-refractivity contribution in [2.75, 3.05) is 0 Å². The summed E-state index contributed by atoms with van der Waals surface area (Å²) in [5.41, 5.74) is 5.26. The van der Waals surface area contributed by atoms with Crippen molar-refractivity contribution in [2.45, 2.75) is 0 Å². The predicted octanol–water partition coefficient (Wildman–Crippen LogP) is 5.46. The summed E-state index contributed by atoms with van der Waals surface area (Å²) in [7, 11) is 0. The van der Waals surface area contributed by atoms with Crippen LogP contribution in [0.25, 0.3) is 16.8 Å². The molecule has 1 N–H and O–H groups in total. The minimum atomic E-state index is 0.421. The molecule has 0 amide bonds. The fourth-order valence-corrected chi connectivity index (χ4v) is 2.52. The zero-order valence-electron chi connectivity index (χ0n) is 13.3. The summed E-state index contributed by atoms with van der Waals surface area (Å²) >= 11 is 0. The lowest BCUT2D eigenvalue weighted by Gasteiger charge is -2.06. The van der Waals surface area contributed by atoms with Crippen LogP contribution in [0.2, 0.25) is 0 Å². The van der Waals surface area contributed by atoms with Crippen LogP contribution in [0.5, 0.6) is 0 Å². The Hall–Kier alpha value is -3.26. The number of hydrogen-bond donors (Lipinski definition) is 1. The largest absolute Gasteiger partial charge is 0.300 e. The molecule has 0 aliphatic carbocycles. The van der Waals surface area contributed by atoms with Gasteiger partial charge in [-0.15, -0.1) is 0 Å². The van der Waals surface area contributed by atoms with Gasteiger partial charge in [-0.05, 0) is 29.5 Å². The van der Waals surface area contributed by atoms with Crippen LogP contribution in [0.1, 0.15) is 11.1 Å². The molecule has 0 aliphatic rings. The van der Waals surface area contributed by atoms with E-state index in [1.165, 1.54) is 5.56 Å². The van der Waals surface area contributed by atoms with Gasteiger partial charge in [-0.2, -0.15) is 0 Å². The minimum absolute atomic E-state index is 0.421. The second-order valence-electron chi connectivity index (χ2n) is 5.41. The van der Waals surface area contributed by atoms with Crippen LogP contribution in [0, 0.1) is 5.41 Å². The lowest BCUT2D eigenvalue weighted by atomic mass is 10.0. The molecule has 24 heavy (non-hydrogen) atoms. The van der Waals surface area contributed by atoms with Gasteiger partial charge in [-0.3, -0.25) is 4.99 Å². The molecule has 0 bridgehead atoms. The Balaban J connectivity index is 1.87. The monoisotopic (exact) mass is 310 g/mol. The number of aliphatic imine (C=N–C) groups is 1. The average Bonchev–Trinajstić information content (AvgIpc) is 2.67. The summed E-state index contributed by atoms with van der Waals surface area (Å²) in [5.74, 6) is 0. The van der Waals surface area contributed by atoms with Crippen molar-refractivity contribution in [2.24, 2.45) is 4.99 Å². The summed E-state index contributed by atoms with van der Waals surface area (Å²) in [6.45, 7) is 3.65. The van der Waals surface area contributed by atoms with Gasteiger partial charge in [0, 0.05) is 5.56 Å². The molecule has 3 aromatic rings. The molecule has 0 radical (unpaired) electrons. The highest BCUT2D eigenvalue weighted by molar-refractivity contribution is 6.10. The first kappa shape index (κ1) is 15.6. The molecule has 3 aromatic carbocycles. The van der Waals surface area contributed by atoms with E-state index in [2.05, 4.69) is 36.0 Å². The van der Waals surface area contributed by atoms with E-state index in [4.69, 9.17) is 5.41 Å². The van der Waals surface area contributed by atoms with Crippen LogP contribution in [0.3, 0.4) is 0 Å². The normalized spacial score (nSPS) is 11.1. The number of nitrogens with one attached hydrogen (secondary N) is 1. The van der Waals surface area contributed by atoms with Crippen LogP contribution in [0.4, 0.5) is 0 Å². The van der Waals surface area contributed by atoms with E-state index >= 15 is 0 Å². The van der Waals surface area contributed by atoms with Crippen LogP contribution in [-0.4, -0.2) is 12.4 Å². The fraction of sp³-hybridized carbons (Fsp3) is 0. The maximum Gasteiger partial charge on any atom is 0.0716 e. The highest BCUT2D eigenvalue weighted by atomic mass is 14.7. The quantitative estimate of drug-likeness (QED) is 0.607. The number of benzene rings is 3. The zero-order valence-corrected chi connectivity index (χ0v) is 13.3. The van der Waals surface area contributed by atoms with E-state index < -0.39 is 0 Å². The first-order valence-electron chi connectivity index (χ1n) is 7.76. The Morgan fingerprint density at radius 3 is 1.83 bits per heavy atom. The lowest BCUT2D eigenvalue weighted by molar-refractivity contribution is 1.47. The topological polar surface area (TPSA) is 36.2 Å². The van der Waals surface area contributed by atoms with Gasteiger partial charge in [-0.1, -0.05) is 84.9 Å². The van der Waals surface area contributed by atoms with E-state index in [0.717, 1.165) is 16.7 Å². The van der Waals surface area contributed by atoms with Crippen molar-refractivity contribution < 1.29 is 0 Å². The number of hydrogen-bond acceptors (Lipinski definition) is 2. The molecular weight excluding hydrogens is 292 g/mol. The van der Waals surface area contributed by atoms with E-state index in [9.17, 15) is 0 Å². The number of nitrogens with zero attached hydrogens (tertiary/aromatic N) is 1. The Bertz CT molecular complexity index is 861. The van der Waals surface area contributed by atoms with Gasteiger partial charge in [0.05, 0.1) is 11.4 Å². The summed E-state index contributed by atoms with van der Waals surface area (Å²) in [6.07, 6.45) is 1.75. The van der Waals surface area contributed by atoms with Crippen LogP contribution in [0.15, 0.2) is 96.0 Å². The molecule has 116 valence electrons. The number of rotatable bonds is 5. The third kappa shape index (κ3) is 3.55. The Morgan fingerprint density at radius 2 is 1.25 bits per heavy atom. The van der Waals surface area contributed by atoms with Gasteiger partial charge in [0.2, 0.25) is 0 Å². The second-order valence-corrected chi connectivity index (χ2v) is 5.41. The van der Waals surface area contributed by atoms with Gasteiger partial charge in [0.1, 0.15) is 0 Å². The summed E-state index contributed by atoms with van der Waals surface area (Å²) in [4.78, 5) is 4.10. The molecule has 0 aromatic heterocycles. The van der Waals surface area contributed by atoms with Crippen molar-refractivity contribution in [3.05, 3.63) is 102 Å². The van der Waals surface area contributed by atoms with Crippen LogP contribution in [-0.2, 0) is 0 Å². The van der Waals surface area contributed by atoms with E-state index in [1.807, 2.05) is 60.7 Å². The van der Waals surface area contributed by atoms with E-state index in [-0.39, 0.29) is 0 Å². The van der Waals surface area contributed by atoms with Crippen molar-refractivity contribution in [3.63, 3.8) is 0 Å². The Morgan fingerprint density at radius 1 is 0.708 bits per heavy atom. The van der Waals surface area contributed by atoms with Crippen molar-refractivity contribution in [1.29, 1.82) is 5.41 Å². The molecule has 0 spiro atoms. The molecule has 3 rings (SSSR count). The summed E-state index contributed by atoms with van der Waals surface area (Å²) in [5, 5.41) is 8.23. The van der Waals surface area contributed by atoms with Gasteiger partial charge >= 0.3 is 0 Å². The standard InChI is InChI=1S/C22H18N2/c1-24-22(16-21(23)19-10-6-3-7-11-19)20-14-12-18(13-15-20)17-8-4-2-5-9-17/h2-16,23H,1H2/b22-16-,23-21?. The molecule has 0 aliphatic heterocycles. The SMILES string of the molecule is C=N/C(=C\C(=N)c1ccccc1)c1ccc(-c2ccccc2)cc1. The zero-order chi connectivity index (χ0) is 16.8. The van der Waals surface area contributed by atoms with Gasteiger partial charge < -0.3 is 5.41 Å². The molecule has 0 fully saturated rings. The first-order valence-corrected chi connectivity index (χ1v) is 7.76. The molecule has 0 heterocycles. The van der Waals surface area contributed by atoms with Gasteiger partial charge in [0.25, 0.3) is 0 Å². The van der Waals surface area contributed by atoms with E-state index in [0.29, 0.717) is 11.4 Å².